The summed E-state index contributed by atoms with van der Waals surface area (Å²) in [6.07, 6.45) is 0. The normalized spacial score (nSPS) is 9.95. The molecule has 20 heavy (non-hydrogen) atoms. The predicted molar refractivity (Wildman–Crippen MR) is 87.4 cm³/mol. The van der Waals surface area contributed by atoms with Crippen LogP contribution in [-0.2, 0) is 0 Å². The second kappa shape index (κ2) is 6.63. The van der Waals surface area contributed by atoms with E-state index in [1.807, 2.05) is 23.5 Å². The molecule has 2 N–H and O–H groups in total. The maximum Gasteiger partial charge on any atom is 0.167 e. The van der Waals surface area contributed by atoms with E-state index >= 15 is 0 Å². The summed E-state index contributed by atoms with van der Waals surface area (Å²) in [5.74, 6) is 1.19. The summed E-state index contributed by atoms with van der Waals surface area (Å²) in [6, 6.07) is 14.2. The van der Waals surface area contributed by atoms with Gasteiger partial charge in [-0.25, -0.2) is 0 Å². The Morgan fingerprint density at radius 3 is 2.20 bits per heavy atom. The van der Waals surface area contributed by atoms with Crippen LogP contribution < -0.4 is 5.73 Å². The second-order valence-electron chi connectivity index (χ2n) is 4.32. The molecule has 0 radical (unpaired) electrons. The minimum atomic E-state index is 0.442. The number of thiol groups is 1. The molecule has 5 heteroatoms. The quantitative estimate of drug-likeness (QED) is 0.647. The first-order valence-corrected chi connectivity index (χ1v) is 7.35. The summed E-state index contributed by atoms with van der Waals surface area (Å²) in [4.78, 5) is 3.69. The van der Waals surface area contributed by atoms with Gasteiger partial charge in [-0.05, 0) is 43.7 Å². The molecule has 3 aromatic rings. The van der Waals surface area contributed by atoms with Gasteiger partial charge in [-0.15, -0.1) is 24.0 Å². The molecule has 2 heterocycles. The van der Waals surface area contributed by atoms with E-state index in [9.17, 15) is 0 Å². The van der Waals surface area contributed by atoms with Gasteiger partial charge >= 0.3 is 0 Å². The maximum absolute atomic E-state index is 5.17. The fourth-order valence-corrected chi connectivity index (χ4v) is 2.62. The van der Waals surface area contributed by atoms with E-state index in [0.717, 1.165) is 10.7 Å². The molecule has 0 saturated carbocycles. The van der Waals surface area contributed by atoms with E-state index in [4.69, 9.17) is 5.73 Å². The van der Waals surface area contributed by atoms with Gasteiger partial charge in [0.2, 0.25) is 0 Å². The molecule has 0 spiro atoms. The average Bonchev–Trinajstić information content (AvgIpc) is 3.00. The molecule has 1 aromatic carbocycles. The van der Waals surface area contributed by atoms with Crippen molar-refractivity contribution in [2.45, 2.75) is 18.7 Å². The highest BCUT2D eigenvalue weighted by atomic mass is 32.1. The molecule has 0 unspecified atom stereocenters. The van der Waals surface area contributed by atoms with E-state index in [1.54, 1.807) is 13.0 Å². The van der Waals surface area contributed by atoms with Crippen molar-refractivity contribution in [2.75, 3.05) is 5.73 Å². The first-order chi connectivity index (χ1) is 9.54. The number of hydrogen-bond acceptors (Lipinski definition) is 5. The van der Waals surface area contributed by atoms with Crippen LogP contribution in [-0.4, -0.2) is 5.16 Å². The van der Waals surface area contributed by atoms with Crippen LogP contribution in [0.5, 0.6) is 0 Å². The molecule has 0 aliphatic heterocycles. The van der Waals surface area contributed by atoms with Crippen molar-refractivity contribution in [3.05, 3.63) is 53.1 Å². The first kappa shape index (κ1) is 14.7. The van der Waals surface area contributed by atoms with E-state index in [2.05, 4.69) is 53.5 Å². The third kappa shape index (κ3) is 4.15. The van der Waals surface area contributed by atoms with Crippen molar-refractivity contribution in [1.82, 2.24) is 5.16 Å². The number of nitrogens with two attached hydrogens (primary N) is 1. The Hall–Kier alpha value is -1.72. The van der Waals surface area contributed by atoms with Crippen LogP contribution >= 0.6 is 24.0 Å². The van der Waals surface area contributed by atoms with E-state index in [1.165, 1.54) is 15.3 Å². The summed E-state index contributed by atoms with van der Waals surface area (Å²) in [5.41, 5.74) is 6.45. The number of nitrogens with zero attached hydrogens (tertiary/aromatic N) is 1. The maximum atomic E-state index is 5.17. The summed E-state index contributed by atoms with van der Waals surface area (Å²) in [7, 11) is 0. The Bertz CT molecular complexity index is 655. The molecule has 0 saturated heterocycles. The monoisotopic (exact) mass is 304 g/mol. The van der Waals surface area contributed by atoms with Crippen molar-refractivity contribution >= 4 is 29.8 Å². The predicted octanol–water partition coefficient (Wildman–Crippen LogP) is 4.58. The minimum Gasteiger partial charge on any atom is -0.381 e. The lowest BCUT2D eigenvalue weighted by molar-refractivity contribution is 0.400. The average molecular weight is 304 g/mol. The number of aryl methyl sites for hydroxylation is 2. The third-order valence-electron chi connectivity index (χ3n) is 2.54. The van der Waals surface area contributed by atoms with Gasteiger partial charge < -0.3 is 10.3 Å². The molecule has 2 aromatic heterocycles. The highest BCUT2D eigenvalue weighted by Gasteiger charge is 1.99. The zero-order valence-electron chi connectivity index (χ0n) is 11.3. The molecule has 0 amide bonds. The Balaban J connectivity index is 0.000000178. The zero-order chi connectivity index (χ0) is 14.5. The Morgan fingerprint density at radius 2 is 1.80 bits per heavy atom. The van der Waals surface area contributed by atoms with E-state index in [0.29, 0.717) is 5.82 Å². The standard InChI is InChI=1S/C11H10S2.C4H6N2O/c1-8-2-7-11(13-8)9-3-5-10(12)6-4-9;1-3-2-4(5)6-7-3/h2-7,12H,1H3;2H,1H3,(H2,5,6). The van der Waals surface area contributed by atoms with Crippen LogP contribution in [0.15, 0.2) is 51.9 Å². The molecule has 0 aliphatic rings. The largest absolute Gasteiger partial charge is 0.381 e. The highest BCUT2D eigenvalue weighted by Crippen LogP contribution is 2.27. The van der Waals surface area contributed by atoms with Crippen molar-refractivity contribution in [3.8, 4) is 10.4 Å². The number of anilines is 1. The lowest BCUT2D eigenvalue weighted by Crippen LogP contribution is -1.79. The van der Waals surface area contributed by atoms with Crippen molar-refractivity contribution in [1.29, 1.82) is 0 Å². The van der Waals surface area contributed by atoms with Crippen LogP contribution in [0.1, 0.15) is 10.6 Å². The van der Waals surface area contributed by atoms with E-state index in [-0.39, 0.29) is 0 Å². The number of nitrogen functional groups attached to an aromatic ring is 1. The van der Waals surface area contributed by atoms with Gasteiger partial charge in [0.15, 0.2) is 5.82 Å². The van der Waals surface area contributed by atoms with Crippen LogP contribution in [0.25, 0.3) is 10.4 Å². The number of hydrogen-bond donors (Lipinski definition) is 2. The summed E-state index contributed by atoms with van der Waals surface area (Å²) in [6.45, 7) is 3.92. The first-order valence-electron chi connectivity index (χ1n) is 6.09. The fraction of sp³-hybridized carbons (Fsp3) is 0.133. The molecule has 0 aliphatic carbocycles. The lowest BCUT2D eigenvalue weighted by atomic mass is 10.2. The van der Waals surface area contributed by atoms with Crippen LogP contribution in [0.3, 0.4) is 0 Å². The van der Waals surface area contributed by atoms with Gasteiger partial charge in [0.05, 0.1) is 0 Å². The third-order valence-corrected chi connectivity index (χ3v) is 3.89. The number of aromatic nitrogens is 1. The Morgan fingerprint density at radius 1 is 1.10 bits per heavy atom. The minimum absolute atomic E-state index is 0.442. The SMILES string of the molecule is Cc1cc(N)no1.Cc1ccc(-c2ccc(S)cc2)s1. The van der Waals surface area contributed by atoms with Crippen molar-refractivity contribution < 1.29 is 4.52 Å². The molecule has 0 bridgehead atoms. The van der Waals surface area contributed by atoms with Gasteiger partial charge in [-0.2, -0.15) is 0 Å². The van der Waals surface area contributed by atoms with Gasteiger partial charge in [0.1, 0.15) is 5.76 Å². The lowest BCUT2D eigenvalue weighted by Gasteiger charge is -1.96. The smallest absolute Gasteiger partial charge is 0.167 e. The summed E-state index contributed by atoms with van der Waals surface area (Å²) in [5, 5.41) is 3.42. The molecular formula is C15H16N2OS2. The second-order valence-corrected chi connectivity index (χ2v) is 6.12. The van der Waals surface area contributed by atoms with Crippen LogP contribution in [0.2, 0.25) is 0 Å². The van der Waals surface area contributed by atoms with E-state index < -0.39 is 0 Å². The molecule has 3 rings (SSSR count). The molecule has 0 atom stereocenters. The fourth-order valence-electron chi connectivity index (χ4n) is 1.60. The van der Waals surface area contributed by atoms with Crippen LogP contribution in [0, 0.1) is 13.8 Å². The molecule has 3 nitrogen and oxygen atoms in total. The zero-order valence-corrected chi connectivity index (χ0v) is 13.0. The molecular weight excluding hydrogens is 288 g/mol. The van der Waals surface area contributed by atoms with Gasteiger partial charge in [-0.1, -0.05) is 17.3 Å². The van der Waals surface area contributed by atoms with Gasteiger partial charge in [0.25, 0.3) is 0 Å². The number of thiophene rings is 1. The summed E-state index contributed by atoms with van der Waals surface area (Å²) < 4.78 is 4.59. The molecule has 104 valence electrons. The van der Waals surface area contributed by atoms with Crippen LogP contribution in [0.4, 0.5) is 5.82 Å². The Labute approximate surface area is 127 Å². The van der Waals surface area contributed by atoms with Gasteiger partial charge in [0, 0.05) is 20.7 Å². The highest BCUT2D eigenvalue weighted by molar-refractivity contribution is 7.80. The number of rotatable bonds is 1. The van der Waals surface area contributed by atoms with Crippen molar-refractivity contribution in [2.24, 2.45) is 0 Å². The number of benzene rings is 1. The molecule has 0 fully saturated rings. The topological polar surface area (TPSA) is 52.0 Å². The summed E-state index contributed by atoms with van der Waals surface area (Å²) >= 11 is 6.07. The van der Waals surface area contributed by atoms with Gasteiger partial charge in [-0.3, -0.25) is 0 Å². The van der Waals surface area contributed by atoms with Crippen molar-refractivity contribution in [3.63, 3.8) is 0 Å². The Kier molecular flexibility index (Phi) is 4.87.